The Balaban J connectivity index is 1.58. The zero-order valence-electron chi connectivity index (χ0n) is 26.1. The smallest absolute Gasteiger partial charge is 0.243 e. The van der Waals surface area contributed by atoms with Crippen LogP contribution >= 0.6 is 0 Å². The molecule has 1 fully saturated rings. The number of nitrogens with zero attached hydrogens (tertiary/aromatic N) is 2. The second kappa shape index (κ2) is 15.7. The highest BCUT2D eigenvalue weighted by Gasteiger charge is 2.32. The van der Waals surface area contributed by atoms with E-state index in [0.717, 1.165) is 48.6 Å². The Kier molecular flexibility index (Phi) is 11.8. The van der Waals surface area contributed by atoms with Gasteiger partial charge in [-0.1, -0.05) is 79.4 Å². The largest absolute Gasteiger partial charge is 0.497 e. The molecule has 1 atom stereocenters. The molecule has 4 rings (SSSR count). The normalized spacial score (nSPS) is 14.4. The predicted octanol–water partition coefficient (Wildman–Crippen LogP) is 5.64. The summed E-state index contributed by atoms with van der Waals surface area (Å²) in [5, 5.41) is 3.27. The molecule has 3 aromatic carbocycles. The Hall–Kier alpha value is -3.85. The maximum absolute atomic E-state index is 14.1. The molecular formula is C35H45N3O5S. The predicted molar refractivity (Wildman–Crippen MR) is 175 cm³/mol. The van der Waals surface area contributed by atoms with E-state index in [1.807, 2.05) is 61.5 Å². The number of anilines is 1. The van der Waals surface area contributed by atoms with Crippen molar-refractivity contribution in [2.24, 2.45) is 0 Å². The van der Waals surface area contributed by atoms with Crippen molar-refractivity contribution in [1.29, 1.82) is 0 Å². The van der Waals surface area contributed by atoms with Gasteiger partial charge in [-0.2, -0.15) is 0 Å². The second-order valence-electron chi connectivity index (χ2n) is 11.7. The van der Waals surface area contributed by atoms with E-state index in [9.17, 15) is 18.0 Å². The third-order valence-corrected chi connectivity index (χ3v) is 9.36. The van der Waals surface area contributed by atoms with Crippen LogP contribution in [0.15, 0.2) is 78.9 Å². The van der Waals surface area contributed by atoms with Gasteiger partial charge in [0.25, 0.3) is 0 Å². The molecule has 44 heavy (non-hydrogen) atoms. The molecule has 0 spiro atoms. The van der Waals surface area contributed by atoms with Crippen LogP contribution in [0.3, 0.4) is 0 Å². The lowest BCUT2D eigenvalue weighted by Gasteiger charge is -2.34. The highest BCUT2D eigenvalue weighted by atomic mass is 32.2. The summed E-state index contributed by atoms with van der Waals surface area (Å²) in [7, 11) is -2.04. The summed E-state index contributed by atoms with van der Waals surface area (Å²) in [5.41, 5.74) is 3.49. The van der Waals surface area contributed by atoms with Crippen molar-refractivity contribution in [1.82, 2.24) is 10.2 Å². The number of benzene rings is 3. The van der Waals surface area contributed by atoms with Crippen LogP contribution in [0.2, 0.25) is 0 Å². The third kappa shape index (κ3) is 9.58. The molecule has 0 bridgehead atoms. The van der Waals surface area contributed by atoms with E-state index < -0.39 is 16.1 Å². The number of carbonyl (C=O) groups is 2. The molecule has 1 aliphatic carbocycles. The van der Waals surface area contributed by atoms with Gasteiger partial charge in [-0.25, -0.2) is 8.42 Å². The molecule has 3 aromatic rings. The minimum atomic E-state index is -3.59. The first kappa shape index (κ1) is 33.1. The van der Waals surface area contributed by atoms with Crippen LogP contribution < -0.4 is 14.4 Å². The Labute approximate surface area is 262 Å². The summed E-state index contributed by atoms with van der Waals surface area (Å²) in [6, 6.07) is 24.0. The third-order valence-electron chi connectivity index (χ3n) is 8.17. The average molecular weight is 620 g/mol. The number of aryl methyl sites for hydroxylation is 1. The van der Waals surface area contributed by atoms with Gasteiger partial charge in [0, 0.05) is 32.0 Å². The van der Waals surface area contributed by atoms with Crippen molar-refractivity contribution in [2.75, 3.05) is 24.2 Å². The number of hydrogen-bond acceptors (Lipinski definition) is 5. The zero-order chi connectivity index (χ0) is 31.5. The molecule has 1 saturated carbocycles. The molecule has 0 saturated heterocycles. The minimum Gasteiger partial charge on any atom is -0.497 e. The van der Waals surface area contributed by atoms with Gasteiger partial charge in [-0.3, -0.25) is 13.9 Å². The van der Waals surface area contributed by atoms with Crippen molar-refractivity contribution < 1.29 is 22.7 Å². The summed E-state index contributed by atoms with van der Waals surface area (Å²) in [6.07, 6.45) is 7.19. The van der Waals surface area contributed by atoms with Crippen LogP contribution in [0.5, 0.6) is 5.75 Å². The SMILES string of the molecule is COc1ccc(N(CCCC(=O)N(Cc2cccc(C)c2)[C@H](Cc2ccccc2)C(=O)NC2CCCCC2)S(C)(=O)=O)cc1. The fraction of sp³-hybridized carbons (Fsp3) is 0.429. The first-order valence-electron chi connectivity index (χ1n) is 15.4. The fourth-order valence-electron chi connectivity index (χ4n) is 5.86. The molecule has 1 aliphatic rings. The number of methoxy groups -OCH3 is 1. The van der Waals surface area contributed by atoms with Crippen molar-refractivity contribution in [3.63, 3.8) is 0 Å². The molecule has 0 aliphatic heterocycles. The Morgan fingerprint density at radius 1 is 0.932 bits per heavy atom. The number of rotatable bonds is 14. The Morgan fingerprint density at radius 2 is 1.61 bits per heavy atom. The summed E-state index contributed by atoms with van der Waals surface area (Å²) in [4.78, 5) is 29.7. The van der Waals surface area contributed by atoms with Crippen LogP contribution in [0.25, 0.3) is 0 Å². The van der Waals surface area contributed by atoms with Gasteiger partial charge in [-0.15, -0.1) is 0 Å². The standard InChI is InChI=1S/C35H45N3O5S/c1-27-12-10-15-29(24-27)26-37(33(25-28-13-6-4-7-14-28)35(40)36-30-16-8-5-9-17-30)34(39)18-11-23-38(44(3,41)42)31-19-21-32(43-2)22-20-31/h4,6-7,10,12-15,19-22,24,30,33H,5,8-9,11,16-18,23,25-26H2,1-3H3,(H,36,40)/t33-/m1/s1. The fourth-order valence-corrected chi connectivity index (χ4v) is 6.82. The van der Waals surface area contributed by atoms with Gasteiger partial charge < -0.3 is 15.0 Å². The first-order valence-corrected chi connectivity index (χ1v) is 17.3. The van der Waals surface area contributed by atoms with Crippen LogP contribution in [-0.4, -0.2) is 57.1 Å². The highest BCUT2D eigenvalue weighted by Crippen LogP contribution is 2.24. The number of carbonyl (C=O) groups excluding carboxylic acids is 2. The van der Waals surface area contributed by atoms with Crippen molar-refractivity contribution in [2.45, 2.75) is 76.9 Å². The quantitative estimate of drug-likeness (QED) is 0.252. The lowest BCUT2D eigenvalue weighted by Crippen LogP contribution is -2.53. The van der Waals surface area contributed by atoms with Gasteiger partial charge >= 0.3 is 0 Å². The Morgan fingerprint density at radius 3 is 2.25 bits per heavy atom. The van der Waals surface area contributed by atoms with E-state index >= 15 is 0 Å². The summed E-state index contributed by atoms with van der Waals surface area (Å²) in [5.74, 6) is 0.298. The molecule has 2 amide bonds. The maximum atomic E-state index is 14.1. The van der Waals surface area contributed by atoms with Crippen molar-refractivity contribution in [3.05, 3.63) is 95.6 Å². The van der Waals surface area contributed by atoms with E-state index in [0.29, 0.717) is 24.3 Å². The number of hydrogen-bond donors (Lipinski definition) is 1. The van der Waals surface area contributed by atoms with Crippen LogP contribution in [0.1, 0.15) is 61.6 Å². The molecule has 1 N–H and O–H groups in total. The molecule has 0 radical (unpaired) electrons. The lowest BCUT2D eigenvalue weighted by atomic mass is 9.94. The maximum Gasteiger partial charge on any atom is 0.243 e. The average Bonchev–Trinajstić information content (AvgIpc) is 3.01. The summed E-state index contributed by atoms with van der Waals surface area (Å²) >= 11 is 0. The Bertz CT molecular complexity index is 1470. The number of amides is 2. The van der Waals surface area contributed by atoms with Crippen LogP contribution in [0, 0.1) is 6.92 Å². The lowest BCUT2D eigenvalue weighted by molar-refractivity contribution is -0.141. The minimum absolute atomic E-state index is 0.0932. The monoisotopic (exact) mass is 619 g/mol. The van der Waals surface area contributed by atoms with Gasteiger partial charge in [-0.05, 0) is 61.6 Å². The van der Waals surface area contributed by atoms with Crippen molar-refractivity contribution in [3.8, 4) is 5.75 Å². The highest BCUT2D eigenvalue weighted by molar-refractivity contribution is 7.92. The molecular weight excluding hydrogens is 574 g/mol. The molecule has 9 heteroatoms. The van der Waals surface area contributed by atoms with Crippen LogP contribution in [0.4, 0.5) is 5.69 Å². The summed E-state index contributed by atoms with van der Waals surface area (Å²) < 4.78 is 31.9. The van der Waals surface area contributed by atoms with E-state index in [1.54, 1.807) is 36.3 Å². The molecule has 0 heterocycles. The van der Waals surface area contributed by atoms with E-state index in [-0.39, 0.29) is 37.4 Å². The first-order chi connectivity index (χ1) is 21.1. The summed E-state index contributed by atoms with van der Waals surface area (Å²) in [6.45, 7) is 2.42. The second-order valence-corrected chi connectivity index (χ2v) is 13.6. The number of sulfonamides is 1. The van der Waals surface area contributed by atoms with Gasteiger partial charge in [0.15, 0.2) is 0 Å². The topological polar surface area (TPSA) is 96.0 Å². The molecule has 236 valence electrons. The van der Waals surface area contributed by atoms with Crippen molar-refractivity contribution >= 4 is 27.5 Å². The van der Waals surface area contributed by atoms with E-state index in [1.165, 1.54) is 10.7 Å². The van der Waals surface area contributed by atoms with Gasteiger partial charge in [0.1, 0.15) is 11.8 Å². The number of nitrogens with one attached hydrogen (secondary N) is 1. The van der Waals surface area contributed by atoms with Crippen LogP contribution in [-0.2, 0) is 32.6 Å². The van der Waals surface area contributed by atoms with E-state index in [4.69, 9.17) is 4.74 Å². The molecule has 0 unspecified atom stereocenters. The molecule has 0 aromatic heterocycles. The zero-order valence-corrected chi connectivity index (χ0v) is 26.9. The molecule has 8 nitrogen and oxygen atoms in total. The van der Waals surface area contributed by atoms with Gasteiger partial charge in [0.05, 0.1) is 19.1 Å². The van der Waals surface area contributed by atoms with Gasteiger partial charge in [0.2, 0.25) is 21.8 Å². The number of ether oxygens (including phenoxy) is 1. The van der Waals surface area contributed by atoms with E-state index in [2.05, 4.69) is 5.32 Å².